The van der Waals surface area contributed by atoms with Crippen LogP contribution in [0.2, 0.25) is 5.02 Å². The molecule has 10 heteroatoms. The van der Waals surface area contributed by atoms with Crippen LogP contribution in [0.15, 0.2) is 48.7 Å². The number of fused-ring (bicyclic) bond motifs is 1. The average Bonchev–Trinajstić information content (AvgIpc) is 3.43. The Bertz CT molecular complexity index is 1300. The van der Waals surface area contributed by atoms with Gasteiger partial charge in [-0.1, -0.05) is 11.6 Å². The molecule has 3 heterocycles. The number of thiophene rings is 1. The van der Waals surface area contributed by atoms with Crippen molar-refractivity contribution in [2.75, 3.05) is 6.61 Å². The van der Waals surface area contributed by atoms with Crippen molar-refractivity contribution in [2.24, 2.45) is 7.05 Å². The standard InChI is InChI=1S/C21H17ClN4O4S/c1-12-15-10-17(31-20(15)26(24-12)14-7-5-13(22)6-8-14)21(29)30-11-18(27)23-19(28)16-4-3-9-25(16)2/h3-10H,11H2,1-2H3,(H,23,27,28). The third-order valence-corrected chi connectivity index (χ3v) is 5.92. The van der Waals surface area contributed by atoms with Gasteiger partial charge >= 0.3 is 5.97 Å². The van der Waals surface area contributed by atoms with Crippen LogP contribution in [-0.2, 0) is 16.6 Å². The van der Waals surface area contributed by atoms with Gasteiger partial charge < -0.3 is 9.30 Å². The summed E-state index contributed by atoms with van der Waals surface area (Å²) in [4.78, 5) is 37.6. The minimum Gasteiger partial charge on any atom is -0.451 e. The number of nitrogens with zero attached hydrogens (tertiary/aromatic N) is 3. The third kappa shape index (κ3) is 4.23. The topological polar surface area (TPSA) is 95.2 Å². The number of benzene rings is 1. The van der Waals surface area contributed by atoms with Crippen LogP contribution >= 0.6 is 22.9 Å². The molecule has 0 saturated heterocycles. The minimum absolute atomic E-state index is 0.325. The number of nitrogens with one attached hydrogen (secondary N) is 1. The van der Waals surface area contributed by atoms with E-state index in [1.807, 2.05) is 19.1 Å². The molecule has 0 aliphatic heterocycles. The number of amides is 2. The molecule has 3 aromatic heterocycles. The maximum Gasteiger partial charge on any atom is 0.348 e. The van der Waals surface area contributed by atoms with Crippen LogP contribution in [0.1, 0.15) is 25.9 Å². The lowest BCUT2D eigenvalue weighted by molar-refractivity contribution is -0.123. The van der Waals surface area contributed by atoms with E-state index in [1.165, 1.54) is 11.3 Å². The molecule has 0 saturated carbocycles. The Labute approximate surface area is 186 Å². The van der Waals surface area contributed by atoms with Crippen LogP contribution in [-0.4, -0.2) is 38.7 Å². The number of aryl methyl sites for hydroxylation is 2. The highest BCUT2D eigenvalue weighted by Gasteiger charge is 2.20. The second-order valence-corrected chi connectivity index (χ2v) is 8.23. The van der Waals surface area contributed by atoms with Crippen molar-refractivity contribution in [1.82, 2.24) is 19.7 Å². The first-order valence-electron chi connectivity index (χ1n) is 9.21. The van der Waals surface area contributed by atoms with Gasteiger partial charge in [0.25, 0.3) is 11.8 Å². The van der Waals surface area contributed by atoms with E-state index in [0.29, 0.717) is 15.6 Å². The monoisotopic (exact) mass is 456 g/mol. The number of carbonyl (C=O) groups is 3. The highest BCUT2D eigenvalue weighted by atomic mass is 35.5. The Morgan fingerprint density at radius 2 is 1.94 bits per heavy atom. The second-order valence-electron chi connectivity index (χ2n) is 6.76. The number of hydrogen-bond acceptors (Lipinski definition) is 6. The number of esters is 1. The second kappa shape index (κ2) is 8.37. The van der Waals surface area contributed by atoms with E-state index >= 15 is 0 Å². The lowest BCUT2D eigenvalue weighted by atomic mass is 10.3. The van der Waals surface area contributed by atoms with E-state index in [2.05, 4.69) is 10.4 Å². The molecule has 1 N–H and O–H groups in total. The lowest BCUT2D eigenvalue weighted by Crippen LogP contribution is -2.35. The maximum absolute atomic E-state index is 12.5. The molecule has 1 aromatic carbocycles. The summed E-state index contributed by atoms with van der Waals surface area (Å²) in [6.07, 6.45) is 1.69. The fraction of sp³-hybridized carbons (Fsp3) is 0.143. The van der Waals surface area contributed by atoms with Gasteiger partial charge in [0.05, 0.1) is 11.4 Å². The van der Waals surface area contributed by atoms with Gasteiger partial charge in [0, 0.05) is 23.7 Å². The number of ether oxygens (including phenoxy) is 1. The number of carbonyl (C=O) groups excluding carboxylic acids is 3. The summed E-state index contributed by atoms with van der Waals surface area (Å²) in [5.74, 6) is -1.91. The predicted molar refractivity (Wildman–Crippen MR) is 117 cm³/mol. The molecule has 0 spiro atoms. The molecule has 4 rings (SSSR count). The van der Waals surface area contributed by atoms with Crippen LogP contribution in [0, 0.1) is 6.92 Å². The molecule has 0 radical (unpaired) electrons. The summed E-state index contributed by atoms with van der Waals surface area (Å²) in [7, 11) is 1.69. The Morgan fingerprint density at radius 3 is 2.61 bits per heavy atom. The SMILES string of the molecule is Cc1nn(-c2ccc(Cl)cc2)c2sc(C(=O)OCC(=O)NC(=O)c3cccn3C)cc12. The number of hydrogen-bond donors (Lipinski definition) is 1. The largest absolute Gasteiger partial charge is 0.451 e. The fourth-order valence-corrected chi connectivity index (χ4v) is 4.23. The van der Waals surface area contributed by atoms with E-state index in [4.69, 9.17) is 16.3 Å². The molecule has 0 atom stereocenters. The predicted octanol–water partition coefficient (Wildman–Crippen LogP) is 3.50. The molecule has 0 aliphatic rings. The van der Waals surface area contributed by atoms with E-state index in [9.17, 15) is 14.4 Å². The summed E-state index contributed by atoms with van der Waals surface area (Å²) >= 11 is 7.16. The lowest BCUT2D eigenvalue weighted by Gasteiger charge is -2.06. The number of halogens is 1. The van der Waals surface area contributed by atoms with Crippen molar-refractivity contribution in [3.8, 4) is 5.69 Å². The molecular formula is C21H17ClN4O4S. The van der Waals surface area contributed by atoms with Gasteiger partial charge in [-0.25, -0.2) is 9.48 Å². The van der Waals surface area contributed by atoms with Crippen LogP contribution in [0.5, 0.6) is 0 Å². The summed E-state index contributed by atoms with van der Waals surface area (Å²) in [6, 6.07) is 12.1. The fourth-order valence-electron chi connectivity index (χ4n) is 3.03. The Kier molecular flexibility index (Phi) is 5.62. The van der Waals surface area contributed by atoms with Crippen molar-refractivity contribution in [3.05, 3.63) is 69.9 Å². The van der Waals surface area contributed by atoms with Crippen molar-refractivity contribution in [3.63, 3.8) is 0 Å². The molecule has 158 valence electrons. The van der Waals surface area contributed by atoms with Crippen molar-refractivity contribution in [2.45, 2.75) is 6.92 Å². The summed E-state index contributed by atoms with van der Waals surface area (Å²) < 4.78 is 8.40. The first-order valence-corrected chi connectivity index (χ1v) is 10.4. The van der Waals surface area contributed by atoms with E-state index in [-0.39, 0.29) is 0 Å². The molecule has 0 bridgehead atoms. The molecule has 4 aromatic rings. The van der Waals surface area contributed by atoms with Gasteiger partial charge in [-0.05, 0) is 49.4 Å². The zero-order valence-electron chi connectivity index (χ0n) is 16.6. The van der Waals surface area contributed by atoms with Crippen LogP contribution in [0.3, 0.4) is 0 Å². The first-order chi connectivity index (χ1) is 14.8. The molecular weight excluding hydrogens is 440 g/mol. The van der Waals surface area contributed by atoms with Gasteiger partial charge in [0.2, 0.25) is 0 Å². The quantitative estimate of drug-likeness (QED) is 0.464. The number of aromatic nitrogens is 3. The summed E-state index contributed by atoms with van der Waals surface area (Å²) in [5, 5.41) is 8.14. The normalized spacial score (nSPS) is 10.9. The van der Waals surface area contributed by atoms with Gasteiger partial charge in [-0.3, -0.25) is 14.9 Å². The molecule has 2 amide bonds. The van der Waals surface area contributed by atoms with Crippen molar-refractivity contribution >= 4 is 50.9 Å². The maximum atomic E-state index is 12.5. The molecule has 0 unspecified atom stereocenters. The summed E-state index contributed by atoms with van der Waals surface area (Å²) in [5.41, 5.74) is 1.89. The molecule has 0 fully saturated rings. The van der Waals surface area contributed by atoms with E-state index in [0.717, 1.165) is 21.6 Å². The van der Waals surface area contributed by atoms with Gasteiger partial charge in [-0.2, -0.15) is 5.10 Å². The molecule has 0 aliphatic carbocycles. The molecule has 8 nitrogen and oxygen atoms in total. The van der Waals surface area contributed by atoms with Gasteiger partial charge in [0.15, 0.2) is 6.61 Å². The third-order valence-electron chi connectivity index (χ3n) is 4.58. The first kappa shape index (κ1) is 20.8. The van der Waals surface area contributed by atoms with Crippen molar-refractivity contribution < 1.29 is 19.1 Å². The Hall–Kier alpha value is -3.43. The van der Waals surface area contributed by atoms with Crippen LogP contribution < -0.4 is 5.32 Å². The van der Waals surface area contributed by atoms with Crippen LogP contribution in [0.25, 0.3) is 15.9 Å². The Balaban J connectivity index is 1.45. The average molecular weight is 457 g/mol. The number of rotatable bonds is 5. The van der Waals surface area contributed by atoms with E-state index in [1.54, 1.807) is 52.8 Å². The minimum atomic E-state index is -0.704. The highest BCUT2D eigenvalue weighted by molar-refractivity contribution is 7.20. The van der Waals surface area contributed by atoms with E-state index < -0.39 is 24.4 Å². The van der Waals surface area contributed by atoms with Gasteiger partial charge in [0.1, 0.15) is 15.4 Å². The number of imide groups is 1. The Morgan fingerprint density at radius 1 is 1.19 bits per heavy atom. The van der Waals surface area contributed by atoms with Crippen molar-refractivity contribution in [1.29, 1.82) is 0 Å². The zero-order chi connectivity index (χ0) is 22.1. The highest BCUT2D eigenvalue weighted by Crippen LogP contribution is 2.31. The summed E-state index contributed by atoms with van der Waals surface area (Å²) in [6.45, 7) is 1.28. The molecule has 31 heavy (non-hydrogen) atoms. The smallest absolute Gasteiger partial charge is 0.348 e. The van der Waals surface area contributed by atoms with Gasteiger partial charge in [-0.15, -0.1) is 11.3 Å². The van der Waals surface area contributed by atoms with Crippen LogP contribution in [0.4, 0.5) is 0 Å². The zero-order valence-corrected chi connectivity index (χ0v) is 18.2.